The Hall–Kier alpha value is -2.19. The maximum absolute atomic E-state index is 13.1. The van der Waals surface area contributed by atoms with E-state index in [0.29, 0.717) is 38.2 Å². The molecule has 3 rings (SSSR count). The minimum atomic E-state index is -3.70. The number of rotatable bonds is 6. The molecule has 2 heterocycles. The second kappa shape index (κ2) is 8.22. The van der Waals surface area contributed by atoms with E-state index in [0.717, 1.165) is 5.56 Å². The molecule has 0 aliphatic carbocycles. The van der Waals surface area contributed by atoms with Crippen molar-refractivity contribution in [1.29, 1.82) is 0 Å². The van der Waals surface area contributed by atoms with Crippen LogP contribution in [0.2, 0.25) is 0 Å². The molecular formula is C19H25N3O4S. The van der Waals surface area contributed by atoms with Crippen LogP contribution in [0, 0.1) is 12.8 Å². The molecule has 27 heavy (non-hydrogen) atoms. The maximum Gasteiger partial charge on any atom is 0.310 e. The third-order valence-corrected chi connectivity index (χ3v) is 6.68. The largest absolute Gasteiger partial charge is 0.466 e. The highest BCUT2D eigenvalue weighted by molar-refractivity contribution is 7.89. The smallest absolute Gasteiger partial charge is 0.310 e. The predicted molar refractivity (Wildman–Crippen MR) is 101 cm³/mol. The molecule has 146 valence electrons. The Morgan fingerprint density at radius 3 is 2.74 bits per heavy atom. The number of sulfonamides is 1. The lowest BCUT2D eigenvalue weighted by Crippen LogP contribution is -2.42. The lowest BCUT2D eigenvalue weighted by atomic mass is 10.0. The Labute approximate surface area is 160 Å². The summed E-state index contributed by atoms with van der Waals surface area (Å²) in [6.07, 6.45) is 2.86. The van der Waals surface area contributed by atoms with Gasteiger partial charge in [-0.3, -0.25) is 9.48 Å². The van der Waals surface area contributed by atoms with Crippen LogP contribution in [-0.4, -0.2) is 48.2 Å². The van der Waals surface area contributed by atoms with Gasteiger partial charge in [0, 0.05) is 19.3 Å². The standard InChI is InChI=1S/C19H25N3O4S/c1-3-26-19(23)17-10-7-11-22(13-17)27(24,25)18-14-21(20-15(18)2)12-16-8-5-4-6-9-16/h4-6,8-9,14,17H,3,7,10-13H2,1-2H3. The van der Waals surface area contributed by atoms with Gasteiger partial charge < -0.3 is 4.74 Å². The summed E-state index contributed by atoms with van der Waals surface area (Å²) in [5.74, 6) is -0.734. The van der Waals surface area contributed by atoms with E-state index >= 15 is 0 Å². The minimum absolute atomic E-state index is 0.157. The fraction of sp³-hybridized carbons (Fsp3) is 0.474. The number of carbonyl (C=O) groups is 1. The van der Waals surface area contributed by atoms with Crippen molar-refractivity contribution in [3.05, 3.63) is 47.8 Å². The zero-order valence-electron chi connectivity index (χ0n) is 15.7. The van der Waals surface area contributed by atoms with E-state index in [9.17, 15) is 13.2 Å². The predicted octanol–water partition coefficient (Wildman–Crippen LogP) is 2.20. The van der Waals surface area contributed by atoms with Gasteiger partial charge in [-0.1, -0.05) is 30.3 Å². The Morgan fingerprint density at radius 1 is 1.30 bits per heavy atom. The van der Waals surface area contributed by atoms with Gasteiger partial charge in [0.05, 0.1) is 24.8 Å². The van der Waals surface area contributed by atoms with Crippen molar-refractivity contribution in [3.8, 4) is 0 Å². The number of esters is 1. The number of piperidine rings is 1. The van der Waals surface area contributed by atoms with E-state index in [2.05, 4.69) is 5.10 Å². The van der Waals surface area contributed by atoms with Crippen LogP contribution in [0.3, 0.4) is 0 Å². The number of ether oxygens (including phenoxy) is 1. The van der Waals surface area contributed by atoms with E-state index < -0.39 is 15.9 Å². The molecule has 0 N–H and O–H groups in total. The van der Waals surface area contributed by atoms with Crippen LogP contribution >= 0.6 is 0 Å². The number of aryl methyl sites for hydroxylation is 1. The van der Waals surface area contributed by atoms with Crippen LogP contribution in [0.4, 0.5) is 0 Å². The number of hydrogen-bond donors (Lipinski definition) is 0. The summed E-state index contributed by atoms with van der Waals surface area (Å²) in [6, 6.07) is 9.75. The fourth-order valence-corrected chi connectivity index (χ4v) is 5.05. The average Bonchev–Trinajstić information content (AvgIpc) is 3.04. The van der Waals surface area contributed by atoms with Crippen LogP contribution in [0.5, 0.6) is 0 Å². The molecule has 7 nitrogen and oxygen atoms in total. The van der Waals surface area contributed by atoms with Gasteiger partial charge in [0.2, 0.25) is 10.0 Å². The molecule has 1 aliphatic heterocycles. The summed E-state index contributed by atoms with van der Waals surface area (Å²) in [4.78, 5) is 12.2. The molecule has 1 saturated heterocycles. The maximum atomic E-state index is 13.1. The van der Waals surface area contributed by atoms with Gasteiger partial charge in [-0.2, -0.15) is 9.40 Å². The van der Waals surface area contributed by atoms with Crippen LogP contribution in [-0.2, 0) is 26.1 Å². The molecule has 1 unspecified atom stereocenters. The van der Waals surface area contributed by atoms with Crippen molar-refractivity contribution in [1.82, 2.24) is 14.1 Å². The van der Waals surface area contributed by atoms with E-state index in [1.807, 2.05) is 30.3 Å². The van der Waals surface area contributed by atoms with Crippen molar-refractivity contribution in [2.45, 2.75) is 38.1 Å². The quantitative estimate of drug-likeness (QED) is 0.705. The molecule has 1 aromatic heterocycles. The molecule has 0 saturated carbocycles. The van der Waals surface area contributed by atoms with Crippen LogP contribution in [0.15, 0.2) is 41.4 Å². The van der Waals surface area contributed by atoms with Crippen molar-refractivity contribution < 1.29 is 17.9 Å². The first-order valence-electron chi connectivity index (χ1n) is 9.16. The fourth-order valence-electron chi connectivity index (χ4n) is 3.36. The summed E-state index contributed by atoms with van der Waals surface area (Å²) in [6.45, 7) is 4.81. The minimum Gasteiger partial charge on any atom is -0.466 e. The highest BCUT2D eigenvalue weighted by atomic mass is 32.2. The third kappa shape index (κ3) is 4.39. The van der Waals surface area contributed by atoms with E-state index in [1.165, 1.54) is 4.31 Å². The van der Waals surface area contributed by atoms with Gasteiger partial charge >= 0.3 is 5.97 Å². The van der Waals surface area contributed by atoms with E-state index in [4.69, 9.17) is 4.74 Å². The first-order valence-corrected chi connectivity index (χ1v) is 10.6. The number of nitrogens with zero attached hydrogens (tertiary/aromatic N) is 3. The van der Waals surface area contributed by atoms with Gasteiger partial charge in [-0.05, 0) is 32.3 Å². The Kier molecular flexibility index (Phi) is 5.96. The molecule has 8 heteroatoms. The molecule has 0 radical (unpaired) electrons. The van der Waals surface area contributed by atoms with E-state index in [-0.39, 0.29) is 17.4 Å². The zero-order valence-corrected chi connectivity index (χ0v) is 16.5. The summed E-state index contributed by atoms with van der Waals surface area (Å²) in [5.41, 5.74) is 1.51. The topological polar surface area (TPSA) is 81.5 Å². The Morgan fingerprint density at radius 2 is 2.04 bits per heavy atom. The molecule has 0 bridgehead atoms. The molecule has 1 atom stereocenters. The molecule has 2 aromatic rings. The van der Waals surface area contributed by atoms with Crippen LogP contribution in [0.25, 0.3) is 0 Å². The lowest BCUT2D eigenvalue weighted by molar-refractivity contribution is -0.149. The molecule has 1 aliphatic rings. The number of hydrogen-bond acceptors (Lipinski definition) is 5. The molecule has 0 amide bonds. The van der Waals surface area contributed by atoms with Crippen LogP contribution in [0.1, 0.15) is 31.0 Å². The summed E-state index contributed by atoms with van der Waals surface area (Å²) < 4.78 is 34.3. The van der Waals surface area contributed by atoms with Gasteiger partial charge in [0.25, 0.3) is 0 Å². The second-order valence-electron chi connectivity index (χ2n) is 6.72. The van der Waals surface area contributed by atoms with Crippen molar-refractivity contribution >= 4 is 16.0 Å². The van der Waals surface area contributed by atoms with Crippen molar-refractivity contribution in [3.63, 3.8) is 0 Å². The number of benzene rings is 1. The lowest BCUT2D eigenvalue weighted by Gasteiger charge is -2.30. The Bertz CT molecular complexity index is 893. The van der Waals surface area contributed by atoms with Crippen molar-refractivity contribution in [2.75, 3.05) is 19.7 Å². The normalized spacial score (nSPS) is 18.4. The highest BCUT2D eigenvalue weighted by Gasteiger charge is 2.35. The summed E-state index contributed by atoms with van der Waals surface area (Å²) >= 11 is 0. The Balaban J connectivity index is 1.79. The number of aromatic nitrogens is 2. The second-order valence-corrected chi connectivity index (χ2v) is 8.62. The van der Waals surface area contributed by atoms with E-state index in [1.54, 1.807) is 24.7 Å². The van der Waals surface area contributed by atoms with Gasteiger partial charge in [-0.25, -0.2) is 8.42 Å². The number of carbonyl (C=O) groups excluding carboxylic acids is 1. The first kappa shape index (κ1) is 19.6. The molecule has 0 spiro atoms. The third-order valence-electron chi connectivity index (χ3n) is 4.71. The average molecular weight is 391 g/mol. The van der Waals surface area contributed by atoms with Crippen molar-refractivity contribution in [2.24, 2.45) is 5.92 Å². The zero-order chi connectivity index (χ0) is 19.4. The van der Waals surface area contributed by atoms with Gasteiger partial charge in [0.15, 0.2) is 0 Å². The molecule has 1 fully saturated rings. The van der Waals surface area contributed by atoms with Gasteiger partial charge in [0.1, 0.15) is 4.90 Å². The van der Waals surface area contributed by atoms with Gasteiger partial charge in [-0.15, -0.1) is 0 Å². The monoisotopic (exact) mass is 391 g/mol. The highest BCUT2D eigenvalue weighted by Crippen LogP contribution is 2.26. The molecular weight excluding hydrogens is 366 g/mol. The summed E-state index contributed by atoms with van der Waals surface area (Å²) in [7, 11) is -3.70. The van der Waals surface area contributed by atoms with Crippen LogP contribution < -0.4 is 0 Å². The first-order chi connectivity index (χ1) is 12.9. The SMILES string of the molecule is CCOC(=O)C1CCCN(S(=O)(=O)c2cn(Cc3ccccc3)nc2C)C1. The molecule has 1 aromatic carbocycles. The summed E-state index contributed by atoms with van der Waals surface area (Å²) in [5, 5.41) is 4.37.